The summed E-state index contributed by atoms with van der Waals surface area (Å²) < 4.78 is 11.6. The number of rotatable bonds is 5. The zero-order valence-electron chi connectivity index (χ0n) is 13.6. The molecule has 0 unspecified atom stereocenters. The molecule has 0 saturated carbocycles. The summed E-state index contributed by atoms with van der Waals surface area (Å²) in [5, 5.41) is 18.3. The topological polar surface area (TPSA) is 86.3 Å². The van der Waals surface area contributed by atoms with Gasteiger partial charge in [0, 0.05) is 0 Å². The fourth-order valence-corrected chi connectivity index (χ4v) is 3.82. The number of nitriles is 2. The summed E-state index contributed by atoms with van der Waals surface area (Å²) in [7, 11) is -3.48. The Morgan fingerprint density at radius 2 is 1.08 bits per heavy atom. The largest absolute Gasteiger partial charge is 0.533 e. The minimum atomic E-state index is -3.48. The Kier molecular flexibility index (Phi) is 5.15. The first kappa shape index (κ1) is 17.5. The summed E-state index contributed by atoms with van der Waals surface area (Å²) in [5.74, 6) is 0.773. The molecule has 0 bridgehead atoms. The number of nitrogens with zero attached hydrogens (tertiary/aromatic N) is 2. The predicted molar refractivity (Wildman–Crippen MR) is 98.8 cm³/mol. The van der Waals surface area contributed by atoms with E-state index in [0.717, 1.165) is 0 Å². The second-order valence-electron chi connectivity index (χ2n) is 5.31. The van der Waals surface area contributed by atoms with Gasteiger partial charge in [0.15, 0.2) is 11.5 Å². The molecule has 26 heavy (non-hydrogen) atoms. The summed E-state index contributed by atoms with van der Waals surface area (Å²) in [6.45, 7) is 0. The van der Waals surface area contributed by atoms with Gasteiger partial charge in [-0.15, -0.1) is 0 Å². The number of hydrogen-bond acceptors (Lipinski definition) is 5. The van der Waals surface area contributed by atoms with Crippen molar-refractivity contribution in [3.63, 3.8) is 0 Å². The molecule has 3 aromatic carbocycles. The van der Waals surface area contributed by atoms with Crippen LogP contribution in [0.3, 0.4) is 0 Å². The third-order valence-corrected chi connectivity index (χ3v) is 5.37. The molecule has 0 saturated heterocycles. The highest BCUT2D eigenvalue weighted by Gasteiger charge is 2.47. The summed E-state index contributed by atoms with van der Waals surface area (Å²) >= 11 is 0. The molecule has 0 fully saturated rings. The van der Waals surface area contributed by atoms with Crippen LogP contribution in [0.2, 0.25) is 0 Å². The first-order chi connectivity index (χ1) is 12.6. The van der Waals surface area contributed by atoms with Crippen LogP contribution in [0, 0.1) is 22.7 Å². The van der Waals surface area contributed by atoms with Crippen LogP contribution < -0.4 is 14.4 Å². The van der Waals surface area contributed by atoms with Crippen molar-refractivity contribution in [1.29, 1.82) is 10.5 Å². The van der Waals surface area contributed by atoms with Gasteiger partial charge in [-0.1, -0.05) is 18.2 Å². The van der Waals surface area contributed by atoms with Crippen molar-refractivity contribution in [2.75, 3.05) is 0 Å². The fourth-order valence-electron chi connectivity index (χ4n) is 2.21. The van der Waals surface area contributed by atoms with Crippen LogP contribution in [-0.4, -0.2) is 4.89 Å². The molecule has 0 aliphatic carbocycles. The van der Waals surface area contributed by atoms with Gasteiger partial charge in [-0.05, 0) is 60.7 Å². The van der Waals surface area contributed by atoms with E-state index in [4.69, 9.17) is 19.6 Å². The molecule has 0 aromatic heterocycles. The lowest BCUT2D eigenvalue weighted by Crippen LogP contribution is -2.20. The second-order valence-corrected chi connectivity index (χ2v) is 7.23. The molecule has 1 N–H and O–H groups in total. The molecule has 0 atom stereocenters. The van der Waals surface area contributed by atoms with Crippen molar-refractivity contribution >= 4 is 13.2 Å². The van der Waals surface area contributed by atoms with E-state index in [2.05, 4.69) is 0 Å². The Bertz CT molecular complexity index is 900. The highest BCUT2D eigenvalue weighted by molar-refractivity contribution is 7.69. The third kappa shape index (κ3) is 3.99. The standard InChI is InChI=1S/C20H14N2O3P/c21-14-16-6-10-18(11-7-16)24-26(23,20-4-2-1-3-5-20)25-19-12-8-17(15-22)9-13-19/h1-13,23H/q+1. The molecule has 0 spiro atoms. The first-order valence-electron chi connectivity index (χ1n) is 7.70. The van der Waals surface area contributed by atoms with Gasteiger partial charge in [-0.25, -0.2) is 0 Å². The van der Waals surface area contributed by atoms with Crippen molar-refractivity contribution in [2.24, 2.45) is 0 Å². The minimum absolute atomic E-state index is 0.386. The molecule has 126 valence electrons. The third-order valence-electron chi connectivity index (χ3n) is 3.51. The average molecular weight is 361 g/mol. The van der Waals surface area contributed by atoms with E-state index in [1.165, 1.54) is 0 Å². The van der Waals surface area contributed by atoms with E-state index in [1.54, 1.807) is 72.8 Å². The minimum Gasteiger partial charge on any atom is -0.274 e. The quantitative estimate of drug-likeness (QED) is 0.695. The van der Waals surface area contributed by atoms with Gasteiger partial charge in [0.05, 0.1) is 23.3 Å². The maximum Gasteiger partial charge on any atom is 0.533 e. The number of benzene rings is 3. The van der Waals surface area contributed by atoms with Crippen LogP contribution in [-0.2, 0) is 0 Å². The van der Waals surface area contributed by atoms with E-state index < -0.39 is 7.94 Å². The van der Waals surface area contributed by atoms with E-state index in [0.29, 0.717) is 27.9 Å². The van der Waals surface area contributed by atoms with Crippen molar-refractivity contribution in [3.8, 4) is 23.6 Å². The normalized spacial score (nSPS) is 10.4. The first-order valence-corrected chi connectivity index (χ1v) is 9.28. The predicted octanol–water partition coefficient (Wildman–Crippen LogP) is 3.97. The Labute approximate surface area is 151 Å². The summed E-state index contributed by atoms with van der Waals surface area (Å²) in [6, 6.07) is 25.7. The van der Waals surface area contributed by atoms with Gasteiger partial charge < -0.3 is 0 Å². The zero-order chi connectivity index (χ0) is 18.4. The molecule has 3 rings (SSSR count). The van der Waals surface area contributed by atoms with Crippen molar-refractivity contribution in [2.45, 2.75) is 0 Å². The fraction of sp³-hybridized carbons (Fsp3) is 0. The highest BCUT2D eigenvalue weighted by Crippen LogP contribution is 2.55. The molecule has 6 heteroatoms. The van der Waals surface area contributed by atoms with Crippen LogP contribution in [0.15, 0.2) is 78.9 Å². The SMILES string of the molecule is N#Cc1ccc(O[P+](O)(Oc2ccc(C#N)cc2)c2ccccc2)cc1. The monoisotopic (exact) mass is 361 g/mol. The Morgan fingerprint density at radius 3 is 1.46 bits per heavy atom. The van der Waals surface area contributed by atoms with Gasteiger partial charge in [-0.2, -0.15) is 15.4 Å². The molecule has 0 aliphatic rings. The average Bonchev–Trinajstić information content (AvgIpc) is 2.70. The summed E-state index contributed by atoms with van der Waals surface area (Å²) in [4.78, 5) is 11.2. The lowest BCUT2D eigenvalue weighted by atomic mass is 10.2. The lowest BCUT2D eigenvalue weighted by molar-refractivity contribution is 0.362. The lowest BCUT2D eigenvalue weighted by Gasteiger charge is -2.17. The molecular weight excluding hydrogens is 347 g/mol. The molecule has 5 nitrogen and oxygen atoms in total. The Morgan fingerprint density at radius 1 is 0.654 bits per heavy atom. The van der Waals surface area contributed by atoms with Crippen LogP contribution in [0.4, 0.5) is 0 Å². The van der Waals surface area contributed by atoms with Crippen LogP contribution in [0.25, 0.3) is 0 Å². The molecule has 0 heterocycles. The van der Waals surface area contributed by atoms with Crippen molar-refractivity contribution in [1.82, 2.24) is 0 Å². The van der Waals surface area contributed by atoms with Crippen molar-refractivity contribution < 1.29 is 13.9 Å². The number of hydrogen-bond donors (Lipinski definition) is 1. The van der Waals surface area contributed by atoms with E-state index in [9.17, 15) is 4.89 Å². The van der Waals surface area contributed by atoms with E-state index in [1.807, 2.05) is 18.2 Å². The Hall–Kier alpha value is -3.37. The molecule has 0 aliphatic heterocycles. The summed E-state index contributed by atoms with van der Waals surface area (Å²) in [6.07, 6.45) is 0. The second kappa shape index (κ2) is 7.68. The van der Waals surface area contributed by atoms with E-state index in [-0.39, 0.29) is 0 Å². The van der Waals surface area contributed by atoms with Gasteiger partial charge in [0.25, 0.3) is 0 Å². The van der Waals surface area contributed by atoms with E-state index >= 15 is 0 Å². The van der Waals surface area contributed by atoms with Gasteiger partial charge in [0.2, 0.25) is 5.30 Å². The maximum absolute atomic E-state index is 11.2. The molecular formula is C20H14N2O3P+. The highest BCUT2D eigenvalue weighted by atomic mass is 31.2. The zero-order valence-corrected chi connectivity index (χ0v) is 14.5. The Balaban J connectivity index is 1.93. The van der Waals surface area contributed by atoms with Crippen molar-refractivity contribution in [3.05, 3.63) is 90.0 Å². The molecule has 0 amide bonds. The summed E-state index contributed by atoms with van der Waals surface area (Å²) in [5.41, 5.74) is 0.985. The van der Waals surface area contributed by atoms with Gasteiger partial charge in [0.1, 0.15) is 0 Å². The molecule has 3 aromatic rings. The smallest absolute Gasteiger partial charge is 0.274 e. The van der Waals surface area contributed by atoms with Crippen LogP contribution in [0.5, 0.6) is 11.5 Å². The van der Waals surface area contributed by atoms with Gasteiger partial charge >= 0.3 is 7.94 Å². The van der Waals surface area contributed by atoms with Crippen LogP contribution >= 0.6 is 7.94 Å². The molecule has 0 radical (unpaired) electrons. The maximum atomic E-state index is 11.2. The van der Waals surface area contributed by atoms with Crippen LogP contribution in [0.1, 0.15) is 11.1 Å². The van der Waals surface area contributed by atoms with Gasteiger partial charge in [-0.3, -0.25) is 9.05 Å².